The second-order valence-electron chi connectivity index (χ2n) is 8.50. The largest absolute Gasteiger partial charge is 0.497 e. The number of ether oxygens (including phenoxy) is 3. The summed E-state index contributed by atoms with van der Waals surface area (Å²) in [6, 6.07) is 11.4. The van der Waals surface area contributed by atoms with Crippen LogP contribution in [0.25, 0.3) is 17.0 Å². The zero-order valence-corrected chi connectivity index (χ0v) is 19.2. The summed E-state index contributed by atoms with van der Waals surface area (Å²) in [4.78, 5) is 17.4. The summed E-state index contributed by atoms with van der Waals surface area (Å²) in [5.41, 5.74) is 3.84. The summed E-state index contributed by atoms with van der Waals surface area (Å²) in [5.74, 6) is 1.70. The molecule has 0 aliphatic rings. The number of pyridine rings is 1. The summed E-state index contributed by atoms with van der Waals surface area (Å²) in [5, 5.41) is 0.841. The molecule has 5 nitrogen and oxygen atoms in total. The molecule has 31 heavy (non-hydrogen) atoms. The molecule has 0 radical (unpaired) electrons. The maximum absolute atomic E-state index is 12.9. The van der Waals surface area contributed by atoms with Crippen LogP contribution in [-0.4, -0.2) is 30.6 Å². The lowest BCUT2D eigenvalue weighted by Gasteiger charge is -2.24. The van der Waals surface area contributed by atoms with E-state index >= 15 is 0 Å². The lowest BCUT2D eigenvalue weighted by molar-refractivity contribution is 0.104. The van der Waals surface area contributed by atoms with Crippen LogP contribution in [0.4, 0.5) is 0 Å². The van der Waals surface area contributed by atoms with Crippen LogP contribution in [-0.2, 0) is 0 Å². The highest BCUT2D eigenvalue weighted by atomic mass is 16.5. The molecular formula is C26H29NO4. The first-order chi connectivity index (χ1) is 14.6. The highest BCUT2D eigenvalue weighted by molar-refractivity contribution is 6.10. The zero-order valence-electron chi connectivity index (χ0n) is 19.2. The normalized spacial score (nSPS) is 11.7. The van der Waals surface area contributed by atoms with Gasteiger partial charge in [0.15, 0.2) is 5.78 Å². The Morgan fingerprint density at radius 1 is 0.968 bits per heavy atom. The van der Waals surface area contributed by atoms with E-state index in [1.807, 2.05) is 65.0 Å². The maximum Gasteiger partial charge on any atom is 0.225 e. The van der Waals surface area contributed by atoms with Gasteiger partial charge in [0.25, 0.3) is 0 Å². The molecule has 3 rings (SSSR count). The molecule has 0 aliphatic carbocycles. The number of nitrogens with zero attached hydrogens (tertiary/aromatic N) is 1. The molecule has 0 fully saturated rings. The van der Waals surface area contributed by atoms with E-state index < -0.39 is 0 Å². The average molecular weight is 420 g/mol. The van der Waals surface area contributed by atoms with Crippen molar-refractivity contribution in [1.29, 1.82) is 0 Å². The van der Waals surface area contributed by atoms with E-state index in [0.29, 0.717) is 16.8 Å². The molecule has 1 heterocycles. The minimum atomic E-state index is -0.271. The van der Waals surface area contributed by atoms with Crippen LogP contribution in [0.3, 0.4) is 0 Å². The standard InChI is InChI=1S/C26H29NO4/c1-16-12-18(13-17(2)24(16)31-26(3,4)5)8-11-23(28)21-14-19-9-10-20(29-6)15-22(19)27-25(21)30-7/h8-15H,1-7H3/b11-8+. The number of carbonyl (C=O) groups excluding carboxylic acids is 1. The van der Waals surface area contributed by atoms with Crippen molar-refractivity contribution in [3.63, 3.8) is 0 Å². The fourth-order valence-electron chi connectivity index (χ4n) is 3.40. The fourth-order valence-corrected chi connectivity index (χ4v) is 3.40. The van der Waals surface area contributed by atoms with Crippen molar-refractivity contribution in [2.24, 2.45) is 0 Å². The maximum atomic E-state index is 12.9. The number of rotatable bonds is 6. The number of carbonyl (C=O) groups is 1. The predicted octanol–water partition coefficient (Wildman–Crippen LogP) is 5.94. The summed E-state index contributed by atoms with van der Waals surface area (Å²) in [7, 11) is 3.11. The third kappa shape index (κ3) is 5.23. The van der Waals surface area contributed by atoms with Gasteiger partial charge in [-0.3, -0.25) is 4.79 Å². The van der Waals surface area contributed by atoms with Crippen LogP contribution in [0.2, 0.25) is 0 Å². The molecule has 0 unspecified atom stereocenters. The highest BCUT2D eigenvalue weighted by Gasteiger charge is 2.16. The molecule has 0 saturated carbocycles. The Hall–Kier alpha value is -3.34. The fraction of sp³-hybridized carbons (Fsp3) is 0.308. The van der Waals surface area contributed by atoms with Gasteiger partial charge in [-0.05, 0) is 87.7 Å². The molecule has 1 aromatic heterocycles. The number of fused-ring (bicyclic) bond motifs is 1. The van der Waals surface area contributed by atoms with Gasteiger partial charge in [-0.25, -0.2) is 4.98 Å². The van der Waals surface area contributed by atoms with Gasteiger partial charge in [0.1, 0.15) is 17.1 Å². The average Bonchev–Trinajstić information content (AvgIpc) is 2.72. The monoisotopic (exact) mass is 419 g/mol. The summed E-state index contributed by atoms with van der Waals surface area (Å²) in [6.07, 6.45) is 3.36. The van der Waals surface area contributed by atoms with Crippen LogP contribution in [0.15, 0.2) is 42.5 Å². The Labute approximate surface area is 183 Å². The zero-order chi connectivity index (χ0) is 22.8. The Kier molecular flexibility index (Phi) is 6.34. The minimum Gasteiger partial charge on any atom is -0.497 e. The number of hydrogen-bond acceptors (Lipinski definition) is 5. The van der Waals surface area contributed by atoms with E-state index in [1.54, 1.807) is 25.3 Å². The van der Waals surface area contributed by atoms with Crippen LogP contribution < -0.4 is 14.2 Å². The van der Waals surface area contributed by atoms with Crippen molar-refractivity contribution < 1.29 is 19.0 Å². The van der Waals surface area contributed by atoms with Gasteiger partial charge in [-0.1, -0.05) is 6.08 Å². The topological polar surface area (TPSA) is 57.7 Å². The van der Waals surface area contributed by atoms with Crippen molar-refractivity contribution in [2.45, 2.75) is 40.2 Å². The van der Waals surface area contributed by atoms with Gasteiger partial charge in [0.2, 0.25) is 5.88 Å². The molecule has 0 aliphatic heterocycles. The molecule has 0 saturated heterocycles. The van der Waals surface area contributed by atoms with E-state index in [9.17, 15) is 4.79 Å². The quantitative estimate of drug-likeness (QED) is 0.365. The third-order valence-corrected chi connectivity index (χ3v) is 4.77. The van der Waals surface area contributed by atoms with Gasteiger partial charge in [0, 0.05) is 11.5 Å². The number of aryl methyl sites for hydroxylation is 2. The Morgan fingerprint density at radius 3 is 2.23 bits per heavy atom. The van der Waals surface area contributed by atoms with Gasteiger partial charge in [-0.15, -0.1) is 0 Å². The van der Waals surface area contributed by atoms with Crippen molar-refractivity contribution in [2.75, 3.05) is 14.2 Å². The first kappa shape index (κ1) is 22.3. The van der Waals surface area contributed by atoms with Crippen molar-refractivity contribution in [1.82, 2.24) is 4.98 Å². The third-order valence-electron chi connectivity index (χ3n) is 4.77. The number of hydrogen-bond donors (Lipinski definition) is 0. The van der Waals surface area contributed by atoms with Crippen LogP contribution >= 0.6 is 0 Å². The minimum absolute atomic E-state index is 0.174. The molecule has 0 spiro atoms. The first-order valence-corrected chi connectivity index (χ1v) is 10.2. The summed E-state index contributed by atoms with van der Waals surface area (Å²) >= 11 is 0. The van der Waals surface area contributed by atoms with E-state index in [1.165, 1.54) is 7.11 Å². The van der Waals surface area contributed by atoms with Crippen molar-refractivity contribution in [3.05, 3.63) is 64.7 Å². The van der Waals surface area contributed by atoms with Crippen molar-refractivity contribution in [3.8, 4) is 17.4 Å². The number of allylic oxidation sites excluding steroid dienone is 1. The molecule has 5 heteroatoms. The van der Waals surface area contributed by atoms with E-state index in [-0.39, 0.29) is 17.3 Å². The lowest BCUT2D eigenvalue weighted by Crippen LogP contribution is -2.24. The second-order valence-corrected chi connectivity index (χ2v) is 8.50. The molecule has 3 aromatic rings. The number of ketones is 1. The van der Waals surface area contributed by atoms with E-state index in [2.05, 4.69) is 4.98 Å². The molecule has 162 valence electrons. The van der Waals surface area contributed by atoms with Crippen LogP contribution in [0.1, 0.15) is 47.8 Å². The Morgan fingerprint density at radius 2 is 1.65 bits per heavy atom. The van der Waals surface area contributed by atoms with Gasteiger partial charge in [0.05, 0.1) is 25.3 Å². The van der Waals surface area contributed by atoms with E-state index in [0.717, 1.165) is 27.8 Å². The molecular weight excluding hydrogens is 390 g/mol. The predicted molar refractivity (Wildman–Crippen MR) is 125 cm³/mol. The highest BCUT2D eigenvalue weighted by Crippen LogP contribution is 2.29. The van der Waals surface area contributed by atoms with Gasteiger partial charge >= 0.3 is 0 Å². The smallest absolute Gasteiger partial charge is 0.225 e. The first-order valence-electron chi connectivity index (χ1n) is 10.2. The molecule has 0 atom stereocenters. The van der Waals surface area contributed by atoms with Gasteiger partial charge < -0.3 is 14.2 Å². The molecule has 2 aromatic carbocycles. The summed E-state index contributed by atoms with van der Waals surface area (Å²) < 4.78 is 16.7. The molecule has 0 N–H and O–H groups in total. The molecule has 0 amide bonds. The van der Waals surface area contributed by atoms with Crippen LogP contribution in [0, 0.1) is 13.8 Å². The Balaban J connectivity index is 1.91. The number of methoxy groups -OCH3 is 2. The summed E-state index contributed by atoms with van der Waals surface area (Å²) in [6.45, 7) is 10.1. The van der Waals surface area contributed by atoms with E-state index in [4.69, 9.17) is 14.2 Å². The Bertz CT molecular complexity index is 1130. The van der Waals surface area contributed by atoms with Crippen molar-refractivity contribution >= 4 is 22.8 Å². The van der Waals surface area contributed by atoms with Gasteiger partial charge in [-0.2, -0.15) is 0 Å². The number of benzene rings is 2. The lowest BCUT2D eigenvalue weighted by atomic mass is 10.0. The molecule has 0 bridgehead atoms. The number of aromatic nitrogens is 1. The second kappa shape index (κ2) is 8.80. The SMILES string of the molecule is COc1ccc2cc(C(=O)/C=C/c3cc(C)c(OC(C)(C)C)c(C)c3)c(OC)nc2c1. The van der Waals surface area contributed by atoms with Crippen LogP contribution in [0.5, 0.6) is 17.4 Å².